The van der Waals surface area contributed by atoms with Gasteiger partial charge in [0.15, 0.2) is 0 Å². The van der Waals surface area contributed by atoms with Gasteiger partial charge in [-0.3, -0.25) is 14.2 Å². The molecule has 0 radical (unpaired) electrons. The number of amides is 1. The van der Waals surface area contributed by atoms with E-state index in [0.717, 1.165) is 12.0 Å². The molecule has 1 heterocycles. The van der Waals surface area contributed by atoms with E-state index in [1.165, 1.54) is 23.3 Å². The molecule has 6 nitrogen and oxygen atoms in total. The summed E-state index contributed by atoms with van der Waals surface area (Å²) < 4.78 is 1.41. The van der Waals surface area contributed by atoms with Crippen LogP contribution in [0.2, 0.25) is 0 Å². The van der Waals surface area contributed by atoms with Crippen molar-refractivity contribution in [1.29, 1.82) is 0 Å². The van der Waals surface area contributed by atoms with Crippen LogP contribution < -0.4 is 5.32 Å². The first-order valence-electron chi connectivity index (χ1n) is 10.3. The van der Waals surface area contributed by atoms with Gasteiger partial charge in [-0.05, 0) is 42.2 Å². The van der Waals surface area contributed by atoms with Crippen LogP contribution in [-0.4, -0.2) is 27.5 Å². The lowest BCUT2D eigenvalue weighted by Crippen LogP contribution is -2.15. The van der Waals surface area contributed by atoms with Crippen LogP contribution in [0.25, 0.3) is 10.9 Å². The highest BCUT2D eigenvalue weighted by atomic mass is 16.4. The standard InChI is InChI=1S/C26H22N2O4/c1-17(29)28-16-22(20-9-5-6-10-24(20)28)25(30)27-23-14-13-19(15-21(23)26(31)32)12-11-18-7-3-2-4-8-18/h2-10,13-16H,11-12H2,1H3,(H,27,30)(H,31,32). The van der Waals surface area contributed by atoms with Crippen molar-refractivity contribution in [3.63, 3.8) is 0 Å². The van der Waals surface area contributed by atoms with Gasteiger partial charge in [0.25, 0.3) is 5.91 Å². The van der Waals surface area contributed by atoms with Gasteiger partial charge in [-0.25, -0.2) is 4.79 Å². The van der Waals surface area contributed by atoms with Crippen LogP contribution in [0, 0.1) is 0 Å². The lowest BCUT2D eigenvalue weighted by molar-refractivity contribution is 0.0697. The number of anilines is 1. The summed E-state index contributed by atoms with van der Waals surface area (Å²) in [5.41, 5.74) is 3.21. The number of carboxylic acids is 1. The molecule has 6 heteroatoms. The molecular formula is C26H22N2O4. The Kier molecular flexibility index (Phi) is 5.85. The zero-order chi connectivity index (χ0) is 22.7. The molecule has 32 heavy (non-hydrogen) atoms. The molecule has 1 amide bonds. The van der Waals surface area contributed by atoms with Crippen molar-refractivity contribution < 1.29 is 19.5 Å². The number of carbonyl (C=O) groups excluding carboxylic acids is 2. The summed E-state index contributed by atoms with van der Waals surface area (Å²) in [5, 5.41) is 13.0. The topological polar surface area (TPSA) is 88.4 Å². The van der Waals surface area contributed by atoms with Gasteiger partial charge in [0.2, 0.25) is 5.91 Å². The molecule has 0 aliphatic carbocycles. The number of carboxylic acid groups (broad SMARTS) is 1. The maximum absolute atomic E-state index is 13.0. The molecule has 1 aromatic heterocycles. The number of aromatic carboxylic acids is 1. The average Bonchev–Trinajstić information content (AvgIpc) is 3.19. The van der Waals surface area contributed by atoms with Crippen molar-refractivity contribution in [3.05, 3.63) is 101 Å². The highest BCUT2D eigenvalue weighted by molar-refractivity contribution is 6.15. The smallest absolute Gasteiger partial charge is 0.337 e. The zero-order valence-corrected chi connectivity index (χ0v) is 17.5. The van der Waals surface area contributed by atoms with Crippen LogP contribution in [0.4, 0.5) is 5.69 Å². The monoisotopic (exact) mass is 426 g/mol. The Morgan fingerprint density at radius 1 is 0.844 bits per heavy atom. The number of aromatic nitrogens is 1. The number of aryl methyl sites for hydroxylation is 2. The number of hydrogen-bond donors (Lipinski definition) is 2. The highest BCUT2D eigenvalue weighted by Crippen LogP contribution is 2.24. The Balaban J connectivity index is 1.60. The summed E-state index contributed by atoms with van der Waals surface area (Å²) in [6.07, 6.45) is 2.96. The molecule has 0 spiro atoms. The van der Waals surface area contributed by atoms with Crippen LogP contribution in [0.1, 0.15) is 43.6 Å². The third-order valence-corrected chi connectivity index (χ3v) is 5.40. The average molecular weight is 426 g/mol. The maximum Gasteiger partial charge on any atom is 0.337 e. The third-order valence-electron chi connectivity index (χ3n) is 5.40. The molecule has 0 aliphatic rings. The van der Waals surface area contributed by atoms with E-state index in [9.17, 15) is 19.5 Å². The van der Waals surface area contributed by atoms with E-state index in [-0.39, 0.29) is 17.2 Å². The molecule has 0 saturated heterocycles. The molecule has 160 valence electrons. The minimum atomic E-state index is -1.12. The SMILES string of the molecule is CC(=O)n1cc(C(=O)Nc2ccc(CCc3ccccc3)cc2C(=O)O)c2ccccc21. The molecule has 4 aromatic rings. The first kappa shape index (κ1) is 21.1. The van der Waals surface area contributed by atoms with E-state index in [2.05, 4.69) is 5.32 Å². The summed E-state index contributed by atoms with van der Waals surface area (Å²) in [5.74, 6) is -1.80. The van der Waals surface area contributed by atoms with E-state index in [0.29, 0.717) is 22.9 Å². The van der Waals surface area contributed by atoms with Gasteiger partial charge < -0.3 is 10.4 Å². The van der Waals surface area contributed by atoms with Crippen LogP contribution in [0.3, 0.4) is 0 Å². The minimum absolute atomic E-state index is 0.0271. The van der Waals surface area contributed by atoms with Crippen molar-refractivity contribution >= 4 is 34.4 Å². The second-order valence-electron chi connectivity index (χ2n) is 7.57. The van der Waals surface area contributed by atoms with E-state index in [4.69, 9.17) is 0 Å². The van der Waals surface area contributed by atoms with E-state index >= 15 is 0 Å². The predicted molar refractivity (Wildman–Crippen MR) is 123 cm³/mol. The molecule has 2 N–H and O–H groups in total. The number of carbonyl (C=O) groups is 3. The molecule has 3 aromatic carbocycles. The van der Waals surface area contributed by atoms with E-state index < -0.39 is 11.9 Å². The molecule has 0 unspecified atom stereocenters. The maximum atomic E-state index is 13.0. The van der Waals surface area contributed by atoms with Crippen molar-refractivity contribution in [2.75, 3.05) is 5.32 Å². The number of nitrogens with one attached hydrogen (secondary N) is 1. The van der Waals surface area contributed by atoms with Crippen molar-refractivity contribution in [3.8, 4) is 0 Å². The minimum Gasteiger partial charge on any atom is -0.478 e. The van der Waals surface area contributed by atoms with E-state index in [1.54, 1.807) is 36.4 Å². The number of para-hydroxylation sites is 1. The quantitative estimate of drug-likeness (QED) is 0.452. The van der Waals surface area contributed by atoms with Gasteiger partial charge in [0, 0.05) is 18.5 Å². The Morgan fingerprint density at radius 3 is 2.25 bits per heavy atom. The Labute approximate surface area is 185 Å². The molecule has 0 fully saturated rings. The molecule has 0 aliphatic heterocycles. The van der Waals surface area contributed by atoms with Crippen molar-refractivity contribution in [2.45, 2.75) is 19.8 Å². The van der Waals surface area contributed by atoms with Gasteiger partial charge in [-0.1, -0.05) is 54.6 Å². The number of rotatable bonds is 6. The largest absolute Gasteiger partial charge is 0.478 e. The predicted octanol–water partition coefficient (Wildman–Crippen LogP) is 5.04. The summed E-state index contributed by atoms with van der Waals surface area (Å²) in [6, 6.07) is 22.1. The fraction of sp³-hybridized carbons (Fsp3) is 0.115. The molecule has 0 atom stereocenters. The number of fused-ring (bicyclic) bond motifs is 1. The van der Waals surface area contributed by atoms with Gasteiger partial charge in [-0.2, -0.15) is 0 Å². The molecule has 4 rings (SSSR count). The zero-order valence-electron chi connectivity index (χ0n) is 17.5. The lowest BCUT2D eigenvalue weighted by atomic mass is 10.0. The lowest BCUT2D eigenvalue weighted by Gasteiger charge is -2.11. The fourth-order valence-corrected chi connectivity index (χ4v) is 3.78. The Bertz CT molecular complexity index is 1320. The summed E-state index contributed by atoms with van der Waals surface area (Å²) >= 11 is 0. The van der Waals surface area contributed by atoms with Crippen LogP contribution >= 0.6 is 0 Å². The summed E-state index contributed by atoms with van der Waals surface area (Å²) in [6.45, 7) is 1.42. The third kappa shape index (κ3) is 4.30. The van der Waals surface area contributed by atoms with E-state index in [1.807, 2.05) is 36.4 Å². The van der Waals surface area contributed by atoms with Gasteiger partial charge >= 0.3 is 5.97 Å². The van der Waals surface area contributed by atoms with Crippen LogP contribution in [-0.2, 0) is 12.8 Å². The molecule has 0 bridgehead atoms. The van der Waals surface area contributed by atoms with Crippen LogP contribution in [0.5, 0.6) is 0 Å². The second kappa shape index (κ2) is 8.89. The first-order valence-corrected chi connectivity index (χ1v) is 10.3. The summed E-state index contributed by atoms with van der Waals surface area (Å²) in [4.78, 5) is 36.8. The first-order chi connectivity index (χ1) is 15.4. The van der Waals surface area contributed by atoms with Crippen LogP contribution in [0.15, 0.2) is 79.0 Å². The Hall–Kier alpha value is -4.19. The van der Waals surface area contributed by atoms with Crippen molar-refractivity contribution in [1.82, 2.24) is 4.57 Å². The normalized spacial score (nSPS) is 10.8. The summed E-state index contributed by atoms with van der Waals surface area (Å²) in [7, 11) is 0. The number of nitrogens with zero attached hydrogens (tertiary/aromatic N) is 1. The fourth-order valence-electron chi connectivity index (χ4n) is 3.78. The molecule has 0 saturated carbocycles. The Morgan fingerprint density at radius 2 is 1.53 bits per heavy atom. The van der Waals surface area contributed by atoms with Gasteiger partial charge in [0.05, 0.1) is 22.3 Å². The number of benzene rings is 3. The van der Waals surface area contributed by atoms with Crippen molar-refractivity contribution in [2.24, 2.45) is 0 Å². The molecular weight excluding hydrogens is 404 g/mol. The highest BCUT2D eigenvalue weighted by Gasteiger charge is 2.19. The number of hydrogen-bond acceptors (Lipinski definition) is 3. The van der Waals surface area contributed by atoms with Gasteiger partial charge in [0.1, 0.15) is 0 Å². The van der Waals surface area contributed by atoms with Gasteiger partial charge in [-0.15, -0.1) is 0 Å². The second-order valence-corrected chi connectivity index (χ2v) is 7.57.